The van der Waals surface area contributed by atoms with Crippen LogP contribution in [0.25, 0.3) is 0 Å². The van der Waals surface area contributed by atoms with E-state index in [0.717, 1.165) is 11.7 Å². The molecule has 0 N–H and O–H groups in total. The Hall–Kier alpha value is -0.460. The van der Waals surface area contributed by atoms with E-state index in [1.165, 1.54) is 38.5 Å². The highest BCUT2D eigenvalue weighted by Crippen LogP contribution is 2.61. The first kappa shape index (κ1) is 11.0. The van der Waals surface area contributed by atoms with E-state index < -0.39 is 0 Å². The molecule has 1 heteroatoms. The lowest BCUT2D eigenvalue weighted by Crippen LogP contribution is -2.45. The van der Waals surface area contributed by atoms with Crippen LogP contribution in [-0.4, -0.2) is 7.11 Å². The lowest BCUT2D eigenvalue weighted by molar-refractivity contribution is -0.0414. The maximum Gasteiger partial charge on any atom is 0.0945 e. The number of rotatable bonds is 3. The van der Waals surface area contributed by atoms with Gasteiger partial charge in [-0.25, -0.2) is 0 Å². The van der Waals surface area contributed by atoms with Crippen LogP contribution in [0.1, 0.15) is 52.4 Å². The maximum atomic E-state index is 5.41. The second-order valence-electron chi connectivity index (χ2n) is 5.92. The van der Waals surface area contributed by atoms with E-state index in [4.69, 9.17) is 4.74 Å². The van der Waals surface area contributed by atoms with Crippen molar-refractivity contribution in [3.63, 3.8) is 0 Å². The molecular weight excluding hydrogens is 184 g/mol. The molecule has 1 nitrogen and oxygen atoms in total. The molecular formula is C14H24O. The second-order valence-corrected chi connectivity index (χ2v) is 5.92. The Labute approximate surface area is 93.9 Å². The van der Waals surface area contributed by atoms with Crippen LogP contribution in [0.3, 0.4) is 0 Å². The third kappa shape index (κ3) is 1.51. The van der Waals surface area contributed by atoms with E-state index in [0.29, 0.717) is 10.8 Å². The third-order valence-corrected chi connectivity index (χ3v) is 5.37. The lowest BCUT2D eigenvalue weighted by atomic mass is 9.50. The molecule has 3 fully saturated rings. The Bertz CT molecular complexity index is 240. The molecule has 3 aliphatic rings. The molecule has 0 saturated heterocycles. The minimum Gasteiger partial charge on any atom is -0.501 e. The summed E-state index contributed by atoms with van der Waals surface area (Å²) in [6.07, 6.45) is 8.06. The summed E-state index contributed by atoms with van der Waals surface area (Å²) in [5.74, 6) is 1.88. The normalized spacial score (nSPS) is 39.5. The highest BCUT2D eigenvalue weighted by Gasteiger charge is 2.51. The van der Waals surface area contributed by atoms with Crippen molar-refractivity contribution >= 4 is 0 Å². The van der Waals surface area contributed by atoms with Gasteiger partial charge in [-0.15, -0.1) is 0 Å². The average Bonchev–Trinajstić information content (AvgIpc) is 2.30. The van der Waals surface area contributed by atoms with Crippen LogP contribution in [0.2, 0.25) is 0 Å². The number of allylic oxidation sites excluding steroid dienone is 1. The smallest absolute Gasteiger partial charge is 0.0945 e. The van der Waals surface area contributed by atoms with Crippen molar-refractivity contribution in [1.29, 1.82) is 0 Å². The van der Waals surface area contributed by atoms with Gasteiger partial charge in [-0.05, 0) is 49.9 Å². The minimum atomic E-state index is 0.339. The monoisotopic (exact) mass is 208 g/mol. The number of hydrogen-bond donors (Lipinski definition) is 0. The van der Waals surface area contributed by atoms with Gasteiger partial charge in [-0.3, -0.25) is 0 Å². The van der Waals surface area contributed by atoms with Crippen molar-refractivity contribution < 1.29 is 4.74 Å². The van der Waals surface area contributed by atoms with Gasteiger partial charge in [0.25, 0.3) is 0 Å². The predicted octanol–water partition coefficient (Wildman–Crippen LogP) is 4.14. The van der Waals surface area contributed by atoms with Gasteiger partial charge in [-0.1, -0.05) is 20.4 Å². The Morgan fingerprint density at radius 3 is 1.87 bits per heavy atom. The van der Waals surface area contributed by atoms with Crippen molar-refractivity contribution in [2.24, 2.45) is 16.7 Å². The molecule has 15 heavy (non-hydrogen) atoms. The predicted molar refractivity (Wildman–Crippen MR) is 63.6 cm³/mol. The SMILES string of the molecule is C=C(OC)C12CCC(C(C)C)(CC1)CC2. The second kappa shape index (κ2) is 3.54. The van der Waals surface area contributed by atoms with Crippen LogP contribution in [0.5, 0.6) is 0 Å². The fourth-order valence-electron chi connectivity index (χ4n) is 3.72. The summed E-state index contributed by atoms with van der Waals surface area (Å²) in [5, 5.41) is 0. The van der Waals surface area contributed by atoms with E-state index in [2.05, 4.69) is 20.4 Å². The number of fused-ring (bicyclic) bond motifs is 3. The first-order valence-corrected chi connectivity index (χ1v) is 6.28. The molecule has 3 aliphatic carbocycles. The molecule has 3 rings (SSSR count). The number of ether oxygens (including phenoxy) is 1. The summed E-state index contributed by atoms with van der Waals surface area (Å²) in [6, 6.07) is 0. The zero-order valence-corrected chi connectivity index (χ0v) is 10.4. The molecule has 0 unspecified atom stereocenters. The summed E-state index contributed by atoms with van der Waals surface area (Å²) in [5.41, 5.74) is 0.987. The molecule has 0 aromatic rings. The van der Waals surface area contributed by atoms with Gasteiger partial charge in [0.2, 0.25) is 0 Å². The van der Waals surface area contributed by atoms with Crippen LogP contribution in [0.4, 0.5) is 0 Å². The first-order chi connectivity index (χ1) is 7.05. The van der Waals surface area contributed by atoms with Crippen molar-refractivity contribution in [2.75, 3.05) is 7.11 Å². The number of hydrogen-bond acceptors (Lipinski definition) is 1. The average molecular weight is 208 g/mol. The zero-order valence-electron chi connectivity index (χ0n) is 10.4. The summed E-state index contributed by atoms with van der Waals surface area (Å²) in [6.45, 7) is 8.89. The minimum absolute atomic E-state index is 0.339. The van der Waals surface area contributed by atoms with Crippen LogP contribution >= 0.6 is 0 Å². The van der Waals surface area contributed by atoms with Gasteiger partial charge in [0, 0.05) is 5.41 Å². The molecule has 0 aromatic carbocycles. The Kier molecular flexibility index (Phi) is 2.60. The van der Waals surface area contributed by atoms with Gasteiger partial charge < -0.3 is 4.74 Å². The van der Waals surface area contributed by atoms with Crippen LogP contribution in [-0.2, 0) is 4.74 Å². The Morgan fingerprint density at radius 2 is 1.53 bits per heavy atom. The standard InChI is InChI=1S/C14H24O/c1-11(2)13-5-8-14(9-6-13,10-7-13)12(3)15-4/h11H,3,5-10H2,1-2,4H3. The molecule has 3 saturated carbocycles. The highest BCUT2D eigenvalue weighted by atomic mass is 16.5. The van der Waals surface area contributed by atoms with Crippen molar-refractivity contribution in [3.05, 3.63) is 12.3 Å². The van der Waals surface area contributed by atoms with Gasteiger partial charge in [0.1, 0.15) is 0 Å². The van der Waals surface area contributed by atoms with E-state index in [9.17, 15) is 0 Å². The Morgan fingerprint density at radius 1 is 1.07 bits per heavy atom. The molecule has 0 aromatic heterocycles. The van der Waals surface area contributed by atoms with Crippen molar-refractivity contribution in [3.8, 4) is 0 Å². The molecule has 2 bridgehead atoms. The van der Waals surface area contributed by atoms with Crippen molar-refractivity contribution in [2.45, 2.75) is 52.4 Å². The van der Waals surface area contributed by atoms with E-state index in [1.807, 2.05) is 0 Å². The topological polar surface area (TPSA) is 9.23 Å². The zero-order chi connectivity index (χ0) is 11.1. The molecule has 0 radical (unpaired) electrons. The largest absolute Gasteiger partial charge is 0.501 e. The van der Waals surface area contributed by atoms with Crippen LogP contribution < -0.4 is 0 Å². The van der Waals surface area contributed by atoms with Gasteiger partial charge in [0.15, 0.2) is 0 Å². The summed E-state index contributed by atoms with van der Waals surface area (Å²) < 4.78 is 5.41. The Balaban J connectivity index is 2.14. The third-order valence-electron chi connectivity index (χ3n) is 5.37. The van der Waals surface area contributed by atoms with Crippen LogP contribution in [0.15, 0.2) is 12.3 Å². The summed E-state index contributed by atoms with van der Waals surface area (Å²) >= 11 is 0. The first-order valence-electron chi connectivity index (χ1n) is 6.28. The van der Waals surface area contributed by atoms with Gasteiger partial charge in [-0.2, -0.15) is 0 Å². The van der Waals surface area contributed by atoms with Crippen molar-refractivity contribution in [1.82, 2.24) is 0 Å². The molecule has 0 spiro atoms. The quantitative estimate of drug-likeness (QED) is 0.633. The molecule has 86 valence electrons. The summed E-state index contributed by atoms with van der Waals surface area (Å²) in [7, 11) is 1.77. The highest BCUT2D eigenvalue weighted by molar-refractivity contribution is 5.12. The lowest BCUT2D eigenvalue weighted by Gasteiger charge is -2.55. The molecule has 0 heterocycles. The van der Waals surface area contributed by atoms with Gasteiger partial charge >= 0.3 is 0 Å². The van der Waals surface area contributed by atoms with E-state index in [1.54, 1.807) is 7.11 Å². The van der Waals surface area contributed by atoms with E-state index >= 15 is 0 Å². The molecule has 0 atom stereocenters. The molecule has 0 amide bonds. The fourth-order valence-corrected chi connectivity index (χ4v) is 3.72. The van der Waals surface area contributed by atoms with Crippen LogP contribution in [0, 0.1) is 16.7 Å². The molecule has 0 aliphatic heterocycles. The maximum absolute atomic E-state index is 5.41. The number of methoxy groups -OCH3 is 1. The van der Waals surface area contributed by atoms with Gasteiger partial charge in [0.05, 0.1) is 12.9 Å². The van der Waals surface area contributed by atoms with E-state index in [-0.39, 0.29) is 0 Å². The summed E-state index contributed by atoms with van der Waals surface area (Å²) in [4.78, 5) is 0. The fraction of sp³-hybridized carbons (Fsp3) is 0.857.